The molecule has 0 unspecified atom stereocenters. The molecule has 8 rings (SSSR count). The molecule has 53 heavy (non-hydrogen) atoms. The molecule has 0 saturated carbocycles. The predicted octanol–water partition coefficient (Wildman–Crippen LogP) is 4.87. The van der Waals surface area contributed by atoms with Gasteiger partial charge in [0.2, 0.25) is 0 Å². The Bertz CT molecular complexity index is 2280. The quantitative estimate of drug-likeness (QED) is 0.142. The van der Waals surface area contributed by atoms with Crippen LogP contribution < -0.4 is 32.0 Å². The second kappa shape index (κ2) is 16.8. The van der Waals surface area contributed by atoms with E-state index in [9.17, 15) is 14.7 Å². The molecule has 4 aromatic heterocycles. The number of anilines is 5. The minimum atomic E-state index is -0.117. The largest absolute Gasteiger partial charge is 0.508 e. The van der Waals surface area contributed by atoms with E-state index in [1.54, 1.807) is 81.9 Å². The van der Waals surface area contributed by atoms with E-state index in [0.29, 0.717) is 49.2 Å². The number of morpholine rings is 2. The molecule has 5 N–H and O–H groups in total. The van der Waals surface area contributed by atoms with Crippen molar-refractivity contribution in [2.75, 3.05) is 73.5 Å². The highest BCUT2D eigenvalue weighted by Gasteiger charge is 2.17. The number of ether oxygens (including phenoxy) is 2. The van der Waals surface area contributed by atoms with Gasteiger partial charge < -0.3 is 40.5 Å². The summed E-state index contributed by atoms with van der Waals surface area (Å²) >= 11 is 3.47. The van der Waals surface area contributed by atoms with E-state index in [1.165, 1.54) is 0 Å². The molecule has 276 valence electrons. The Balaban J connectivity index is 0.000000155. The van der Waals surface area contributed by atoms with Crippen molar-refractivity contribution in [2.45, 2.75) is 13.8 Å². The lowest BCUT2D eigenvalue weighted by molar-refractivity contribution is 0.122. The van der Waals surface area contributed by atoms with Crippen molar-refractivity contribution in [1.29, 1.82) is 0 Å². The SMILES string of the molecule is Cc1cc(Br)c2nc(N3CCOCC3)cc(=O)n2c1.Cc1cc(Nc2ccc(O)cc2)c2nc(N3CCOCC3)cc(=O)n2c1.Nc1ccc(O)cc1. The van der Waals surface area contributed by atoms with Gasteiger partial charge in [-0.3, -0.25) is 18.4 Å². The van der Waals surface area contributed by atoms with Gasteiger partial charge in [0.1, 0.15) is 23.1 Å². The van der Waals surface area contributed by atoms with Crippen molar-refractivity contribution in [3.05, 3.63) is 121 Å². The van der Waals surface area contributed by atoms with E-state index < -0.39 is 0 Å². The summed E-state index contributed by atoms with van der Waals surface area (Å²) < 4.78 is 14.7. The summed E-state index contributed by atoms with van der Waals surface area (Å²) in [6.07, 6.45) is 3.59. The summed E-state index contributed by atoms with van der Waals surface area (Å²) in [5.74, 6) is 1.83. The van der Waals surface area contributed by atoms with Crippen molar-refractivity contribution in [3.8, 4) is 11.5 Å². The number of nitrogens with zero attached hydrogens (tertiary/aromatic N) is 6. The zero-order valence-corrected chi connectivity index (χ0v) is 31.0. The zero-order chi connectivity index (χ0) is 37.5. The number of aromatic hydroxyl groups is 2. The number of rotatable bonds is 4. The smallest absolute Gasteiger partial charge is 0.260 e. The van der Waals surface area contributed by atoms with E-state index in [1.807, 2.05) is 26.0 Å². The number of hydrogen-bond donors (Lipinski definition) is 4. The van der Waals surface area contributed by atoms with Gasteiger partial charge in [-0.2, -0.15) is 0 Å². The minimum Gasteiger partial charge on any atom is -0.508 e. The molecule has 0 spiro atoms. The Morgan fingerprint density at radius 1 is 0.679 bits per heavy atom. The van der Waals surface area contributed by atoms with Crippen LogP contribution in [0.4, 0.5) is 28.7 Å². The summed E-state index contributed by atoms with van der Waals surface area (Å²) in [5, 5.41) is 21.5. The number of nitrogens with one attached hydrogen (secondary N) is 1. The van der Waals surface area contributed by atoms with Crippen molar-refractivity contribution in [3.63, 3.8) is 0 Å². The fraction of sp³-hybridized carbons (Fsp3) is 0.263. The molecule has 15 heteroatoms. The fourth-order valence-corrected chi connectivity index (χ4v) is 6.42. The number of pyridine rings is 2. The molecule has 6 aromatic rings. The summed E-state index contributed by atoms with van der Waals surface area (Å²) in [4.78, 5) is 38.3. The third-order valence-corrected chi connectivity index (χ3v) is 9.02. The van der Waals surface area contributed by atoms with Gasteiger partial charge in [-0.15, -0.1) is 0 Å². The van der Waals surface area contributed by atoms with Crippen LogP contribution in [-0.2, 0) is 9.47 Å². The topological polar surface area (TPSA) is 172 Å². The van der Waals surface area contributed by atoms with E-state index in [4.69, 9.17) is 25.3 Å². The Morgan fingerprint density at radius 3 is 1.64 bits per heavy atom. The molecule has 2 aliphatic heterocycles. The van der Waals surface area contributed by atoms with Crippen molar-refractivity contribution >= 4 is 55.9 Å². The number of hydrogen-bond acceptors (Lipinski definition) is 12. The van der Waals surface area contributed by atoms with Crippen molar-refractivity contribution in [2.24, 2.45) is 0 Å². The molecule has 14 nitrogen and oxygen atoms in total. The fourth-order valence-electron chi connectivity index (χ4n) is 5.78. The lowest BCUT2D eigenvalue weighted by Crippen LogP contribution is -2.37. The lowest BCUT2D eigenvalue weighted by Gasteiger charge is -2.28. The van der Waals surface area contributed by atoms with Crippen LogP contribution in [0.1, 0.15) is 11.1 Å². The number of benzene rings is 2. The van der Waals surface area contributed by atoms with Crippen LogP contribution in [0.5, 0.6) is 11.5 Å². The first-order valence-corrected chi connectivity index (χ1v) is 17.8. The van der Waals surface area contributed by atoms with E-state index in [2.05, 4.69) is 36.0 Å². The van der Waals surface area contributed by atoms with E-state index in [-0.39, 0.29) is 22.6 Å². The van der Waals surface area contributed by atoms with Crippen LogP contribution in [0.15, 0.2) is 99.3 Å². The van der Waals surface area contributed by atoms with Crippen molar-refractivity contribution in [1.82, 2.24) is 18.8 Å². The summed E-state index contributed by atoms with van der Waals surface area (Å²) in [7, 11) is 0. The molecular formula is C38H41BrN8O6. The molecular weight excluding hydrogens is 744 g/mol. The van der Waals surface area contributed by atoms with Gasteiger partial charge in [0, 0.05) is 62.1 Å². The standard InChI is InChI=1S/C19H20N4O3.C13H14BrN3O2.C6H7NO/c1-13-10-16(20-14-2-4-15(24)5-3-14)19-21-17(11-18(25)23(19)12-13)22-6-8-26-9-7-22;1-9-6-10(14)13-15-11(7-12(18)17(13)8-9)16-2-4-19-5-3-16;7-5-1-3-6(8)4-2-5/h2-5,10-12,20,24H,6-9H2,1H3;6-8H,2-5H2,1H3;1-4,8H,7H2. The van der Waals surface area contributed by atoms with Crippen LogP contribution in [0.2, 0.25) is 0 Å². The Hall–Kier alpha value is -5.64. The lowest BCUT2D eigenvalue weighted by atomic mass is 10.2. The Kier molecular flexibility index (Phi) is 11.8. The molecule has 0 radical (unpaired) electrons. The zero-order valence-electron chi connectivity index (χ0n) is 29.4. The van der Waals surface area contributed by atoms with Crippen LogP contribution >= 0.6 is 15.9 Å². The van der Waals surface area contributed by atoms with Gasteiger partial charge in [0.25, 0.3) is 11.1 Å². The monoisotopic (exact) mass is 784 g/mol. The third-order valence-electron chi connectivity index (χ3n) is 8.43. The van der Waals surface area contributed by atoms with Gasteiger partial charge in [0.15, 0.2) is 11.3 Å². The van der Waals surface area contributed by atoms with Crippen LogP contribution in [-0.4, -0.2) is 81.6 Å². The number of aryl methyl sites for hydroxylation is 2. The van der Waals surface area contributed by atoms with Gasteiger partial charge in [-0.25, -0.2) is 9.97 Å². The minimum absolute atomic E-state index is 0.0594. The van der Waals surface area contributed by atoms with Gasteiger partial charge in [-0.1, -0.05) is 0 Å². The number of nitrogens with two attached hydrogens (primary N) is 1. The summed E-state index contributed by atoms with van der Waals surface area (Å²) in [6, 6.07) is 20.2. The third kappa shape index (κ3) is 9.43. The first-order valence-electron chi connectivity index (χ1n) is 17.0. The van der Waals surface area contributed by atoms with Crippen LogP contribution in [0.25, 0.3) is 11.3 Å². The number of phenolic OH excluding ortho intramolecular Hbond substituents is 2. The summed E-state index contributed by atoms with van der Waals surface area (Å²) in [5.41, 5.74) is 10.5. The maximum atomic E-state index is 12.6. The molecule has 2 aliphatic rings. The maximum absolute atomic E-state index is 12.6. The molecule has 2 saturated heterocycles. The van der Waals surface area contributed by atoms with E-state index in [0.717, 1.165) is 59.0 Å². The second-order valence-corrected chi connectivity index (χ2v) is 13.4. The highest BCUT2D eigenvalue weighted by molar-refractivity contribution is 9.10. The maximum Gasteiger partial charge on any atom is 0.260 e. The first kappa shape index (κ1) is 37.1. The van der Waals surface area contributed by atoms with Crippen LogP contribution in [0, 0.1) is 13.8 Å². The highest BCUT2D eigenvalue weighted by atomic mass is 79.9. The van der Waals surface area contributed by atoms with E-state index >= 15 is 0 Å². The number of aromatic nitrogens is 4. The van der Waals surface area contributed by atoms with Crippen molar-refractivity contribution < 1.29 is 19.7 Å². The molecule has 6 heterocycles. The average Bonchev–Trinajstić information content (AvgIpc) is 3.16. The number of fused-ring (bicyclic) bond motifs is 2. The first-order chi connectivity index (χ1) is 25.5. The number of halogens is 1. The van der Waals surface area contributed by atoms with Gasteiger partial charge >= 0.3 is 0 Å². The summed E-state index contributed by atoms with van der Waals surface area (Å²) in [6.45, 7) is 9.48. The number of nitrogen functional groups attached to an aromatic ring is 1. The highest BCUT2D eigenvalue weighted by Crippen LogP contribution is 2.25. The average molecular weight is 786 g/mol. The molecule has 2 aromatic carbocycles. The predicted molar refractivity (Wildman–Crippen MR) is 210 cm³/mol. The molecule has 0 amide bonds. The normalized spacial score (nSPS) is 14.2. The second-order valence-electron chi connectivity index (χ2n) is 12.6. The Labute approximate surface area is 313 Å². The molecule has 0 bridgehead atoms. The molecule has 0 aliphatic carbocycles. The Morgan fingerprint density at radius 2 is 1.13 bits per heavy atom. The molecule has 0 atom stereocenters. The number of phenols is 2. The van der Waals surface area contributed by atoms with Gasteiger partial charge in [-0.05, 0) is 102 Å². The van der Waals surface area contributed by atoms with Gasteiger partial charge in [0.05, 0.1) is 36.6 Å². The van der Waals surface area contributed by atoms with Crippen LogP contribution in [0.3, 0.4) is 0 Å². The molecule has 2 fully saturated rings.